The van der Waals surface area contributed by atoms with E-state index in [1.807, 2.05) is 0 Å². The van der Waals surface area contributed by atoms with Crippen molar-refractivity contribution in [3.8, 4) is 0 Å². The molecule has 2 aliphatic heterocycles. The smallest absolute Gasteiger partial charge is 0.338 e. The number of urea groups is 1. The van der Waals surface area contributed by atoms with Crippen LogP contribution in [0.2, 0.25) is 10.0 Å². The van der Waals surface area contributed by atoms with Crippen LogP contribution in [0.1, 0.15) is 16.8 Å². The van der Waals surface area contributed by atoms with Crippen LogP contribution in [0.4, 0.5) is 10.5 Å². The normalized spacial score (nSPS) is 21.2. The lowest BCUT2D eigenvalue weighted by Crippen LogP contribution is -2.36. The Bertz CT molecular complexity index is 938. The molecular weight excluding hydrogens is 471 g/mol. The van der Waals surface area contributed by atoms with Gasteiger partial charge >= 0.3 is 12.0 Å². The second-order valence-electron chi connectivity index (χ2n) is 6.52. The van der Waals surface area contributed by atoms with E-state index < -0.39 is 24.1 Å². The van der Waals surface area contributed by atoms with Crippen LogP contribution >= 0.6 is 39.1 Å². The molecule has 0 unspecified atom stereocenters. The van der Waals surface area contributed by atoms with Crippen LogP contribution in [-0.4, -0.2) is 41.5 Å². The third-order valence-electron chi connectivity index (χ3n) is 4.66. The molecule has 2 aromatic carbocycles. The van der Waals surface area contributed by atoms with E-state index >= 15 is 0 Å². The number of carbonyl (C=O) groups excluding carboxylic acids is 3. The summed E-state index contributed by atoms with van der Waals surface area (Å²) >= 11 is 15.3. The van der Waals surface area contributed by atoms with Gasteiger partial charge in [-0.25, -0.2) is 14.5 Å². The van der Waals surface area contributed by atoms with Gasteiger partial charge in [-0.15, -0.1) is 0 Å². The Labute approximate surface area is 179 Å². The van der Waals surface area contributed by atoms with Gasteiger partial charge in [0.05, 0.1) is 17.8 Å². The standard InChI is InChI=1S/C19H13BrCl2N2O4/c20-11-3-1-10(2-4-11)18(26)28-15-8-16-17(25)24(19(27)23(16)9-15)14-6-12(21)5-13(22)7-14/h1-7,15-16H,8-9H2/t15-,16-/m0/s1. The molecular formula is C19H13BrCl2N2O4. The molecule has 2 atom stereocenters. The van der Waals surface area contributed by atoms with Crippen LogP contribution < -0.4 is 4.90 Å². The summed E-state index contributed by atoms with van der Waals surface area (Å²) in [5, 5.41) is 0.660. The zero-order valence-corrected chi connectivity index (χ0v) is 17.4. The first-order valence-corrected chi connectivity index (χ1v) is 9.95. The second kappa shape index (κ2) is 7.39. The highest BCUT2D eigenvalue weighted by molar-refractivity contribution is 9.10. The number of amides is 3. The molecule has 0 bridgehead atoms. The second-order valence-corrected chi connectivity index (χ2v) is 8.31. The van der Waals surface area contributed by atoms with Crippen molar-refractivity contribution in [2.45, 2.75) is 18.6 Å². The van der Waals surface area contributed by atoms with Crippen molar-refractivity contribution >= 4 is 62.7 Å². The summed E-state index contributed by atoms with van der Waals surface area (Å²) in [7, 11) is 0. The highest BCUT2D eigenvalue weighted by Gasteiger charge is 2.52. The maximum atomic E-state index is 12.8. The van der Waals surface area contributed by atoms with E-state index in [1.54, 1.807) is 24.3 Å². The third-order valence-corrected chi connectivity index (χ3v) is 5.63. The molecule has 2 aromatic rings. The van der Waals surface area contributed by atoms with Crippen molar-refractivity contribution in [2.75, 3.05) is 11.4 Å². The Hall–Kier alpha value is -2.09. The van der Waals surface area contributed by atoms with Gasteiger partial charge in [0.15, 0.2) is 0 Å². The number of fused-ring (bicyclic) bond motifs is 1. The van der Waals surface area contributed by atoms with Gasteiger partial charge < -0.3 is 9.64 Å². The largest absolute Gasteiger partial charge is 0.457 e. The monoisotopic (exact) mass is 482 g/mol. The Kier molecular flexibility index (Phi) is 5.07. The maximum absolute atomic E-state index is 12.8. The number of benzene rings is 2. The minimum Gasteiger partial charge on any atom is -0.457 e. The average Bonchev–Trinajstić information content (AvgIpc) is 3.14. The summed E-state index contributed by atoms with van der Waals surface area (Å²) in [4.78, 5) is 40.3. The zero-order valence-electron chi connectivity index (χ0n) is 14.3. The predicted octanol–water partition coefficient (Wildman–Crippen LogP) is 4.52. The molecule has 2 aliphatic rings. The molecule has 0 N–H and O–H groups in total. The zero-order chi connectivity index (χ0) is 20.0. The van der Waals surface area contributed by atoms with Crippen LogP contribution in [0.3, 0.4) is 0 Å². The molecule has 0 aromatic heterocycles. The Balaban J connectivity index is 1.47. The van der Waals surface area contributed by atoms with Crippen LogP contribution in [0.25, 0.3) is 0 Å². The van der Waals surface area contributed by atoms with Crippen molar-refractivity contribution in [3.05, 3.63) is 62.5 Å². The van der Waals surface area contributed by atoms with Crippen LogP contribution in [0.15, 0.2) is 46.9 Å². The molecule has 0 spiro atoms. The van der Waals surface area contributed by atoms with Gasteiger partial charge in [0, 0.05) is 20.9 Å². The number of halogens is 3. The van der Waals surface area contributed by atoms with Crippen molar-refractivity contribution in [2.24, 2.45) is 0 Å². The number of rotatable bonds is 3. The van der Waals surface area contributed by atoms with Crippen molar-refractivity contribution in [1.82, 2.24) is 4.90 Å². The topological polar surface area (TPSA) is 66.9 Å². The van der Waals surface area contributed by atoms with Gasteiger partial charge in [-0.3, -0.25) is 4.79 Å². The first kappa shape index (κ1) is 19.2. The quantitative estimate of drug-likeness (QED) is 0.475. The molecule has 2 fully saturated rings. The van der Waals surface area contributed by atoms with E-state index in [-0.39, 0.29) is 18.9 Å². The predicted molar refractivity (Wildman–Crippen MR) is 108 cm³/mol. The fourth-order valence-corrected chi connectivity index (χ4v) is 4.19. The van der Waals surface area contributed by atoms with Gasteiger partial charge in [0.2, 0.25) is 0 Å². The molecule has 2 heterocycles. The number of carbonyl (C=O) groups is 3. The van der Waals surface area contributed by atoms with Crippen molar-refractivity contribution in [1.29, 1.82) is 0 Å². The van der Waals surface area contributed by atoms with Gasteiger partial charge in [-0.05, 0) is 42.5 Å². The summed E-state index contributed by atoms with van der Waals surface area (Å²) in [6, 6.07) is 10.2. The van der Waals surface area contributed by atoms with Gasteiger partial charge in [0.1, 0.15) is 12.1 Å². The van der Waals surface area contributed by atoms with Crippen molar-refractivity contribution in [3.63, 3.8) is 0 Å². The first-order valence-electron chi connectivity index (χ1n) is 8.40. The molecule has 9 heteroatoms. The number of ether oxygens (including phenoxy) is 1. The fourth-order valence-electron chi connectivity index (χ4n) is 3.41. The maximum Gasteiger partial charge on any atom is 0.338 e. The van der Waals surface area contributed by atoms with Crippen LogP contribution in [-0.2, 0) is 9.53 Å². The van der Waals surface area contributed by atoms with Crippen molar-refractivity contribution < 1.29 is 19.1 Å². The summed E-state index contributed by atoms with van der Waals surface area (Å²) in [5.41, 5.74) is 0.730. The van der Waals surface area contributed by atoms with Gasteiger partial charge in [-0.1, -0.05) is 39.1 Å². The van der Waals surface area contributed by atoms with E-state index in [0.717, 1.165) is 9.37 Å². The molecule has 3 amide bonds. The fraction of sp³-hybridized carbons (Fsp3) is 0.211. The number of anilines is 1. The van der Waals surface area contributed by atoms with Crippen LogP contribution in [0, 0.1) is 0 Å². The molecule has 4 rings (SSSR count). The molecule has 0 radical (unpaired) electrons. The number of hydrogen-bond acceptors (Lipinski definition) is 4. The Morgan fingerprint density at radius 2 is 1.71 bits per heavy atom. The third kappa shape index (κ3) is 3.50. The van der Waals surface area contributed by atoms with E-state index in [9.17, 15) is 14.4 Å². The lowest BCUT2D eigenvalue weighted by molar-refractivity contribution is -0.119. The lowest BCUT2D eigenvalue weighted by Gasteiger charge is -2.18. The molecule has 144 valence electrons. The SMILES string of the molecule is O=C(O[C@H]1C[C@H]2C(=O)N(c3cc(Cl)cc(Cl)c3)C(=O)N2C1)c1ccc(Br)cc1. The number of nitrogens with zero attached hydrogens (tertiary/aromatic N) is 2. The Morgan fingerprint density at radius 3 is 2.32 bits per heavy atom. The minimum absolute atomic E-state index is 0.155. The van der Waals surface area contributed by atoms with Gasteiger partial charge in [0.25, 0.3) is 5.91 Å². The summed E-state index contributed by atoms with van der Waals surface area (Å²) in [5.74, 6) is -0.873. The molecule has 0 aliphatic carbocycles. The van der Waals surface area contributed by atoms with E-state index in [1.165, 1.54) is 23.1 Å². The Morgan fingerprint density at radius 1 is 1.07 bits per heavy atom. The summed E-state index contributed by atoms with van der Waals surface area (Å²) < 4.78 is 6.34. The minimum atomic E-state index is -0.673. The molecule has 0 saturated carbocycles. The summed E-state index contributed by atoms with van der Waals surface area (Å²) in [6.45, 7) is 0.155. The number of imide groups is 1. The lowest BCUT2D eigenvalue weighted by atomic mass is 10.1. The molecule has 2 saturated heterocycles. The van der Waals surface area contributed by atoms with E-state index in [0.29, 0.717) is 21.3 Å². The summed E-state index contributed by atoms with van der Waals surface area (Å²) in [6.07, 6.45) is -0.295. The average molecular weight is 484 g/mol. The number of hydrogen-bond donors (Lipinski definition) is 0. The highest BCUT2D eigenvalue weighted by atomic mass is 79.9. The molecule has 6 nitrogen and oxygen atoms in total. The highest BCUT2D eigenvalue weighted by Crippen LogP contribution is 2.35. The molecule has 28 heavy (non-hydrogen) atoms. The van der Waals surface area contributed by atoms with Gasteiger partial charge in [-0.2, -0.15) is 0 Å². The first-order chi connectivity index (χ1) is 13.3. The van der Waals surface area contributed by atoms with E-state index in [4.69, 9.17) is 27.9 Å². The van der Waals surface area contributed by atoms with Crippen LogP contribution in [0.5, 0.6) is 0 Å². The van der Waals surface area contributed by atoms with E-state index in [2.05, 4.69) is 15.9 Å². The number of esters is 1.